The maximum Gasteiger partial charge on any atom is 0.129 e. The fraction of sp³-hybridized carbons (Fsp3) is 0.400. The van der Waals surface area contributed by atoms with Gasteiger partial charge in [0.25, 0.3) is 0 Å². The molecule has 8 nitrogen and oxygen atoms in total. The third-order valence-electron chi connectivity index (χ3n) is 21.8. The summed E-state index contributed by atoms with van der Waals surface area (Å²) in [4.78, 5) is 0. The van der Waals surface area contributed by atoms with E-state index in [4.69, 9.17) is 0 Å². The van der Waals surface area contributed by atoms with Gasteiger partial charge in [-0.2, -0.15) is 0 Å². The highest BCUT2D eigenvalue weighted by Crippen LogP contribution is 2.47. The molecule has 12 rings (SSSR count). The summed E-state index contributed by atoms with van der Waals surface area (Å²) < 4.78 is 71.7. The fourth-order valence-electron chi connectivity index (χ4n) is 14.4. The quantitative estimate of drug-likeness (QED) is 0.0696. The summed E-state index contributed by atoms with van der Waals surface area (Å²) in [6.07, 6.45) is 2.70. The second-order valence-electron chi connectivity index (χ2n) is 39.7. The Morgan fingerprint density at radius 1 is 0.149 bits per heavy atom. The number of halogens is 6. The van der Waals surface area contributed by atoms with Crippen LogP contribution in [0.3, 0.4) is 0 Å². The van der Waals surface area contributed by atoms with E-state index in [1.165, 1.54) is 0 Å². The molecule has 10 aromatic carbocycles. The van der Waals surface area contributed by atoms with Crippen molar-refractivity contribution < 1.29 is 67.2 Å². The van der Waals surface area contributed by atoms with Gasteiger partial charge in [0.15, 0.2) is 0 Å². The molecule has 0 amide bonds. The Balaban J connectivity index is 0.000000213. The Morgan fingerprint density at radius 2 is 0.219 bits per heavy atom. The van der Waals surface area contributed by atoms with Crippen LogP contribution < -0.4 is 0 Å². The molecule has 0 spiro atoms. The monoisotopic (exact) mass is 1560 g/mol. The van der Waals surface area contributed by atoms with E-state index in [-0.39, 0.29) is 89.3 Å². The lowest BCUT2D eigenvalue weighted by Crippen LogP contribution is -2.15. The van der Waals surface area contributed by atoms with Crippen molar-refractivity contribution in [3.05, 3.63) is 302 Å². The van der Waals surface area contributed by atoms with Crippen molar-refractivity contribution in [1.82, 2.24) is 0 Å². The second-order valence-corrected chi connectivity index (χ2v) is 39.7. The second kappa shape index (κ2) is 32.5. The lowest BCUT2D eigenvalue weighted by atomic mass is 9.79. The molecule has 8 N–H and O–H groups in total. The molecule has 16 bridgehead atoms. The molecule has 2 aliphatic rings. The van der Waals surface area contributed by atoms with Crippen LogP contribution in [0.4, 0.5) is 26.3 Å². The van der Waals surface area contributed by atoms with Gasteiger partial charge in [0.2, 0.25) is 0 Å². The van der Waals surface area contributed by atoms with Gasteiger partial charge in [0.05, 0.1) is 0 Å². The molecule has 0 fully saturated rings. The van der Waals surface area contributed by atoms with Gasteiger partial charge >= 0.3 is 0 Å². The predicted octanol–water partition coefficient (Wildman–Crippen LogP) is 25.0. The molecule has 0 saturated heterocycles. The first-order valence-electron chi connectivity index (χ1n) is 39.3. The lowest BCUT2D eigenvalue weighted by molar-refractivity contribution is 0.446. The number of phenolic OH excluding ortho intramolecular Hbond substituents is 8. The minimum absolute atomic E-state index is 0.190. The maximum atomic E-state index is 11.9. The number of fused-ring (bicyclic) bond motifs is 16. The number of hydrogen-bond acceptors (Lipinski definition) is 8. The average molecular weight is 1560 g/mol. The summed E-state index contributed by atoms with van der Waals surface area (Å²) in [7, 11) is 0. The highest BCUT2D eigenvalue weighted by Gasteiger charge is 2.32. The van der Waals surface area contributed by atoms with E-state index in [2.05, 4.69) is 263 Å². The zero-order chi connectivity index (χ0) is 85.2. The first-order valence-corrected chi connectivity index (χ1v) is 39.3. The largest absolute Gasteiger partial charge is 0.507 e. The van der Waals surface area contributed by atoms with E-state index < -0.39 is 34.9 Å². The van der Waals surface area contributed by atoms with Crippen LogP contribution in [0, 0.1) is 34.9 Å². The molecule has 14 heteroatoms. The van der Waals surface area contributed by atoms with Crippen LogP contribution in [-0.2, 0) is 94.7 Å². The van der Waals surface area contributed by atoms with E-state index >= 15 is 0 Å². The van der Waals surface area contributed by atoms with Crippen LogP contribution in [-0.4, -0.2) is 40.9 Å². The third-order valence-corrected chi connectivity index (χ3v) is 21.8. The normalized spacial score (nSPS) is 13.5. The van der Waals surface area contributed by atoms with E-state index in [0.717, 1.165) is 134 Å². The third kappa shape index (κ3) is 21.2. The van der Waals surface area contributed by atoms with Gasteiger partial charge in [-0.05, 0) is 177 Å². The minimum Gasteiger partial charge on any atom is -0.507 e. The van der Waals surface area contributed by atoms with Gasteiger partial charge in [-0.1, -0.05) is 263 Å². The predicted molar refractivity (Wildman–Crippen MR) is 450 cm³/mol. The van der Waals surface area contributed by atoms with Gasteiger partial charge in [0, 0.05) is 87.8 Å². The van der Waals surface area contributed by atoms with Crippen molar-refractivity contribution in [3.63, 3.8) is 0 Å². The van der Waals surface area contributed by atoms with Crippen LogP contribution in [0.15, 0.2) is 133 Å². The van der Waals surface area contributed by atoms with Crippen molar-refractivity contribution in [3.8, 4) is 46.0 Å². The van der Waals surface area contributed by atoms with Gasteiger partial charge in [-0.3, -0.25) is 0 Å². The van der Waals surface area contributed by atoms with Crippen molar-refractivity contribution in [2.45, 2.75) is 261 Å². The van der Waals surface area contributed by atoms with Gasteiger partial charge < -0.3 is 40.9 Å². The highest BCUT2D eigenvalue weighted by molar-refractivity contribution is 5.62. The number of phenols is 8. The molecule has 0 saturated carbocycles. The smallest absolute Gasteiger partial charge is 0.129 e. The topological polar surface area (TPSA) is 162 Å². The van der Waals surface area contributed by atoms with E-state index in [0.29, 0.717) is 87.8 Å². The fourth-order valence-corrected chi connectivity index (χ4v) is 14.4. The average Bonchev–Trinajstić information content (AvgIpc) is 0.769. The summed E-state index contributed by atoms with van der Waals surface area (Å²) in [5, 5.41) is 95.2. The minimum atomic E-state index is -0.896. The molecule has 2 aliphatic carbocycles. The Kier molecular flexibility index (Phi) is 25.1. The van der Waals surface area contributed by atoms with E-state index in [1.807, 2.05) is 0 Å². The number of rotatable bonds is 0. The molecule has 0 aliphatic heterocycles. The van der Waals surface area contributed by atoms with Crippen LogP contribution in [0.1, 0.15) is 300 Å². The first-order chi connectivity index (χ1) is 52.2. The van der Waals surface area contributed by atoms with Crippen molar-refractivity contribution >= 4 is 0 Å². The molecule has 608 valence electrons. The van der Waals surface area contributed by atoms with Gasteiger partial charge in [0.1, 0.15) is 80.9 Å². The Bertz CT molecular complexity index is 4110. The van der Waals surface area contributed by atoms with E-state index in [1.54, 1.807) is 0 Å². The first kappa shape index (κ1) is 88.1. The number of benzene rings is 10. The molecular weight excluding hydrogens is 1440 g/mol. The van der Waals surface area contributed by atoms with Gasteiger partial charge in [-0.15, -0.1) is 0 Å². The zero-order valence-electron chi connectivity index (χ0n) is 71.2. The van der Waals surface area contributed by atoms with Crippen LogP contribution >= 0.6 is 0 Å². The molecule has 0 aromatic heterocycles. The van der Waals surface area contributed by atoms with Crippen molar-refractivity contribution in [2.24, 2.45) is 0 Å². The van der Waals surface area contributed by atoms with Crippen molar-refractivity contribution in [1.29, 1.82) is 0 Å². The van der Waals surface area contributed by atoms with Crippen LogP contribution in [0.2, 0.25) is 0 Å². The maximum absolute atomic E-state index is 11.9. The van der Waals surface area contributed by atoms with E-state index in [9.17, 15) is 67.2 Å². The highest BCUT2D eigenvalue weighted by atomic mass is 19.2. The molecule has 0 radical (unpaired) electrons. The summed E-state index contributed by atoms with van der Waals surface area (Å²) >= 11 is 0. The molecule has 0 unspecified atom stereocenters. The van der Waals surface area contributed by atoms with Crippen LogP contribution in [0.5, 0.6) is 46.0 Å². The summed E-state index contributed by atoms with van der Waals surface area (Å²) in [6, 6.07) is 36.7. The van der Waals surface area contributed by atoms with Crippen molar-refractivity contribution in [2.75, 3.05) is 0 Å². The Labute approximate surface area is 672 Å². The van der Waals surface area contributed by atoms with Crippen LogP contribution in [0.25, 0.3) is 0 Å². The summed E-state index contributed by atoms with van der Waals surface area (Å²) in [5.41, 5.74) is 19.0. The molecular formula is C100H118F6O8. The molecule has 10 aromatic rings. The Morgan fingerprint density at radius 3 is 0.281 bits per heavy atom. The van der Waals surface area contributed by atoms with Gasteiger partial charge in [-0.25, -0.2) is 26.3 Å². The summed E-state index contributed by atoms with van der Waals surface area (Å²) in [5.74, 6) is -3.84. The number of aromatic hydroxyl groups is 8. The standard InChI is InChI=1S/2C44H56O4.2C6H3F3/c2*1-41(2,3)33-17-25-13-27-19-34(42(4,5)6)21-29(38(27)46)15-31-23-36(44(10,11)12)24-32(40(31)48)16-30-22-35(43(7,8)9)20-28(39(30)47)14-26(18-33)37(25)45;2*7-4-1-5(8)3-6(9)2-4/h2*17-24,45-48H,13-16H2,1-12H3;2*1-3H. The molecule has 0 heterocycles. The molecule has 114 heavy (non-hydrogen) atoms. The lowest BCUT2D eigenvalue weighted by Gasteiger charge is -2.27. The summed E-state index contributed by atoms with van der Waals surface area (Å²) in [6.45, 7) is 51.9. The molecule has 0 atom stereocenters. The Hall–Kier alpha value is -9.82. The zero-order valence-corrected chi connectivity index (χ0v) is 71.2. The number of hydrogen-bond donors (Lipinski definition) is 8. The SMILES string of the molecule is CC(C)(C)c1cc2c(O)c(c1)Cc1cc(C(C)(C)C)cc(c1O)Cc1cc(C(C)(C)C)cc(c1O)Cc1cc(C(C)(C)C)cc(c1O)C2.CC(C)(C)c1cc2c(O)c(c1)Cc1cc(C(C)(C)C)cc(c1O)Cc1cc(C(C)(C)C)cc(c1O)Cc1cc(C(C)(C)C)cc(c1O)C2.Fc1cc(F)cc(F)c1.Fc1cc(F)cc(F)c1.